The van der Waals surface area contributed by atoms with Crippen LogP contribution in [0.1, 0.15) is 22.0 Å². The summed E-state index contributed by atoms with van der Waals surface area (Å²) in [5.74, 6) is -0.164. The maximum Gasteiger partial charge on any atom is 0.269 e. The van der Waals surface area contributed by atoms with Crippen LogP contribution in [-0.4, -0.2) is 21.7 Å². The van der Waals surface area contributed by atoms with Crippen LogP contribution in [0.4, 0.5) is 11.4 Å². The summed E-state index contributed by atoms with van der Waals surface area (Å²) in [6.07, 6.45) is 0. The Labute approximate surface area is 130 Å². The Kier molecular flexibility index (Phi) is 3.59. The van der Waals surface area contributed by atoms with Crippen LogP contribution in [-0.2, 0) is 0 Å². The van der Waals surface area contributed by atoms with Crippen molar-refractivity contribution in [2.45, 2.75) is 12.1 Å². The van der Waals surface area contributed by atoms with Gasteiger partial charge in [-0.15, -0.1) is 0 Å². The molecule has 8 heteroatoms. The fourth-order valence-electron chi connectivity index (χ4n) is 2.38. The van der Waals surface area contributed by atoms with Gasteiger partial charge in [-0.2, -0.15) is 0 Å². The third kappa shape index (κ3) is 2.92. The summed E-state index contributed by atoms with van der Waals surface area (Å²) in [4.78, 5) is 32.5. The first-order valence-electron chi connectivity index (χ1n) is 6.76. The smallest absolute Gasteiger partial charge is 0.269 e. The molecule has 1 fully saturated rings. The maximum atomic E-state index is 12.3. The molecule has 2 aromatic rings. The van der Waals surface area contributed by atoms with Gasteiger partial charge in [0.05, 0.1) is 21.9 Å². The van der Waals surface area contributed by atoms with Crippen molar-refractivity contribution in [2.24, 2.45) is 0 Å². The molecule has 1 saturated heterocycles. The number of nitro benzene ring substituents is 2. The van der Waals surface area contributed by atoms with Gasteiger partial charge >= 0.3 is 0 Å². The Morgan fingerprint density at radius 2 is 1.35 bits per heavy atom. The lowest BCUT2D eigenvalue weighted by Gasteiger charge is -2.00. The van der Waals surface area contributed by atoms with E-state index in [1.165, 1.54) is 36.4 Å². The number of hydrogen-bond acceptors (Lipinski definition) is 6. The van der Waals surface area contributed by atoms with Gasteiger partial charge in [-0.3, -0.25) is 30.3 Å². The van der Waals surface area contributed by atoms with Crippen LogP contribution in [0.5, 0.6) is 0 Å². The van der Waals surface area contributed by atoms with E-state index < -0.39 is 15.9 Å². The molecular formula is C15H11N3O5. The first-order valence-corrected chi connectivity index (χ1v) is 6.76. The number of carbonyl (C=O) groups excluding carboxylic acids is 1. The number of nitrogens with one attached hydrogen (secondary N) is 1. The van der Waals surface area contributed by atoms with Crippen molar-refractivity contribution in [1.29, 1.82) is 0 Å². The molecule has 1 aliphatic rings. The number of carbonyl (C=O) groups is 1. The first-order chi connectivity index (χ1) is 11.0. The van der Waals surface area contributed by atoms with Gasteiger partial charge in [-0.1, -0.05) is 12.1 Å². The summed E-state index contributed by atoms with van der Waals surface area (Å²) in [7, 11) is 0. The van der Waals surface area contributed by atoms with E-state index in [9.17, 15) is 25.0 Å². The van der Waals surface area contributed by atoms with Crippen LogP contribution in [0, 0.1) is 20.2 Å². The van der Waals surface area contributed by atoms with Crippen LogP contribution in [0.25, 0.3) is 0 Å². The van der Waals surface area contributed by atoms with E-state index in [4.69, 9.17) is 0 Å². The van der Waals surface area contributed by atoms with Gasteiger partial charge < -0.3 is 0 Å². The van der Waals surface area contributed by atoms with Gasteiger partial charge in [-0.25, -0.2) is 0 Å². The topological polar surface area (TPSA) is 125 Å². The van der Waals surface area contributed by atoms with Gasteiger partial charge in [-0.05, 0) is 17.7 Å². The highest BCUT2D eigenvalue weighted by molar-refractivity contribution is 6.02. The summed E-state index contributed by atoms with van der Waals surface area (Å²) in [6.45, 7) is 0. The van der Waals surface area contributed by atoms with Crippen molar-refractivity contribution in [3.63, 3.8) is 0 Å². The number of nitrogens with zero attached hydrogens (tertiary/aromatic N) is 2. The van der Waals surface area contributed by atoms with E-state index in [2.05, 4.69) is 5.32 Å². The fraction of sp³-hybridized carbons (Fsp3) is 0.133. The Balaban J connectivity index is 1.71. The molecule has 1 heterocycles. The normalized spacial score (nSPS) is 19.1. The standard InChI is InChI=1S/C15H11N3O5/c19-15(10-3-7-12(8-4-10)18(22)23)14-13(16-14)9-1-5-11(6-2-9)17(20)21/h1-8,13-14,16H/t13-,14+/m0/s1. The van der Waals surface area contributed by atoms with Crippen molar-refractivity contribution in [2.75, 3.05) is 0 Å². The summed E-state index contributed by atoms with van der Waals surface area (Å²) < 4.78 is 0. The number of ketones is 1. The van der Waals surface area contributed by atoms with Crippen molar-refractivity contribution >= 4 is 17.2 Å². The molecule has 3 rings (SSSR count). The van der Waals surface area contributed by atoms with Crippen LogP contribution in [0.15, 0.2) is 48.5 Å². The molecule has 0 radical (unpaired) electrons. The quantitative estimate of drug-likeness (QED) is 0.391. The number of nitro groups is 2. The number of rotatable bonds is 5. The molecular weight excluding hydrogens is 302 g/mol. The lowest BCUT2D eigenvalue weighted by atomic mass is 10.0. The number of benzene rings is 2. The predicted molar refractivity (Wildman–Crippen MR) is 80.2 cm³/mol. The third-order valence-corrected chi connectivity index (χ3v) is 3.69. The maximum absolute atomic E-state index is 12.3. The minimum Gasteiger partial charge on any atom is -0.297 e. The second-order valence-corrected chi connectivity index (χ2v) is 5.14. The van der Waals surface area contributed by atoms with Gasteiger partial charge in [0.1, 0.15) is 0 Å². The number of Topliss-reactive ketones (excluding diaryl/α,β-unsaturated/α-hetero) is 1. The molecule has 0 unspecified atom stereocenters. The molecule has 8 nitrogen and oxygen atoms in total. The lowest BCUT2D eigenvalue weighted by molar-refractivity contribution is -0.385. The molecule has 0 saturated carbocycles. The summed E-state index contributed by atoms with van der Waals surface area (Å²) >= 11 is 0. The summed E-state index contributed by atoms with van der Waals surface area (Å²) in [5, 5.41) is 24.2. The average Bonchev–Trinajstić information content (AvgIpc) is 3.35. The fourth-order valence-corrected chi connectivity index (χ4v) is 2.38. The van der Waals surface area contributed by atoms with Gasteiger partial charge in [0.25, 0.3) is 11.4 Å². The highest BCUT2D eigenvalue weighted by Gasteiger charge is 2.43. The van der Waals surface area contributed by atoms with Gasteiger partial charge in [0, 0.05) is 29.8 Å². The van der Waals surface area contributed by atoms with Crippen molar-refractivity contribution in [3.05, 3.63) is 79.9 Å². The highest BCUT2D eigenvalue weighted by atomic mass is 16.6. The van der Waals surface area contributed by atoms with E-state index in [-0.39, 0.29) is 23.2 Å². The Morgan fingerprint density at radius 3 is 1.83 bits per heavy atom. The molecule has 1 aliphatic heterocycles. The zero-order chi connectivity index (χ0) is 16.6. The minimum atomic E-state index is -0.524. The average molecular weight is 313 g/mol. The number of hydrogen-bond donors (Lipinski definition) is 1. The molecule has 0 aliphatic carbocycles. The molecule has 2 aromatic carbocycles. The molecule has 0 amide bonds. The highest BCUT2D eigenvalue weighted by Crippen LogP contribution is 2.33. The SMILES string of the molecule is O=C(c1ccc([N+](=O)[O-])cc1)[C@@H]1N[C@H]1c1ccc([N+](=O)[O-])cc1. The second kappa shape index (κ2) is 5.58. The van der Waals surface area contributed by atoms with Crippen molar-refractivity contribution in [3.8, 4) is 0 Å². The molecule has 23 heavy (non-hydrogen) atoms. The predicted octanol–water partition coefficient (Wildman–Crippen LogP) is 2.40. The molecule has 0 bridgehead atoms. The second-order valence-electron chi connectivity index (χ2n) is 5.14. The van der Waals surface area contributed by atoms with Crippen molar-refractivity contribution in [1.82, 2.24) is 5.32 Å². The summed E-state index contributed by atoms with van der Waals surface area (Å²) in [5.41, 5.74) is 1.10. The molecule has 2 atom stereocenters. The molecule has 1 N–H and O–H groups in total. The molecule has 0 spiro atoms. The van der Waals surface area contributed by atoms with E-state index in [1.54, 1.807) is 12.1 Å². The van der Waals surface area contributed by atoms with Crippen molar-refractivity contribution < 1.29 is 14.6 Å². The molecule has 116 valence electrons. The van der Waals surface area contributed by atoms with Crippen LogP contribution >= 0.6 is 0 Å². The Bertz CT molecular complexity index is 786. The van der Waals surface area contributed by atoms with Crippen LogP contribution in [0.3, 0.4) is 0 Å². The van der Waals surface area contributed by atoms with E-state index in [0.717, 1.165) is 5.56 Å². The van der Waals surface area contributed by atoms with Gasteiger partial charge in [0.15, 0.2) is 5.78 Å². The largest absolute Gasteiger partial charge is 0.297 e. The van der Waals surface area contributed by atoms with Crippen LogP contribution < -0.4 is 5.32 Å². The zero-order valence-electron chi connectivity index (χ0n) is 11.7. The zero-order valence-corrected chi connectivity index (χ0v) is 11.7. The Hall–Kier alpha value is -3.13. The lowest BCUT2D eigenvalue weighted by Crippen LogP contribution is -2.10. The Morgan fingerprint density at radius 1 is 0.870 bits per heavy atom. The minimum absolute atomic E-state index is 0.00681. The molecule has 0 aromatic heterocycles. The van der Waals surface area contributed by atoms with Crippen LogP contribution in [0.2, 0.25) is 0 Å². The summed E-state index contributed by atoms with van der Waals surface area (Å²) in [6, 6.07) is 10.8. The van der Waals surface area contributed by atoms with Gasteiger partial charge in [0.2, 0.25) is 0 Å². The van der Waals surface area contributed by atoms with E-state index in [1.807, 2.05) is 0 Å². The van der Waals surface area contributed by atoms with E-state index >= 15 is 0 Å². The monoisotopic (exact) mass is 313 g/mol. The van der Waals surface area contributed by atoms with E-state index in [0.29, 0.717) is 5.56 Å². The number of non-ortho nitro benzene ring substituents is 2. The first kappa shape index (κ1) is 14.8. The third-order valence-electron chi connectivity index (χ3n) is 3.69.